The number of nitrogens with one attached hydrogen (secondary N) is 2. The lowest BCUT2D eigenvalue weighted by molar-refractivity contribution is -0.906. The van der Waals surface area contributed by atoms with E-state index in [9.17, 15) is 13.2 Å². The first-order chi connectivity index (χ1) is 11.8. The van der Waals surface area contributed by atoms with E-state index in [-0.39, 0.29) is 23.2 Å². The van der Waals surface area contributed by atoms with Crippen LogP contribution < -0.4 is 14.5 Å². The summed E-state index contributed by atoms with van der Waals surface area (Å²) in [6.45, 7) is 4.17. The van der Waals surface area contributed by atoms with Crippen molar-refractivity contribution >= 4 is 44.8 Å². The van der Waals surface area contributed by atoms with E-state index in [1.165, 1.54) is 23.1 Å². The zero-order chi connectivity index (χ0) is 18.4. The number of carbonyl (C=O) groups is 1. The summed E-state index contributed by atoms with van der Waals surface area (Å²) in [6, 6.07) is 4.45. The van der Waals surface area contributed by atoms with Gasteiger partial charge >= 0.3 is 0 Å². The third-order valence-corrected chi connectivity index (χ3v) is 5.53. The van der Waals surface area contributed by atoms with Gasteiger partial charge in [0.1, 0.15) is 19.6 Å². The first-order valence-electron chi connectivity index (χ1n) is 7.88. The molecule has 1 heterocycles. The number of morpholine rings is 1. The van der Waals surface area contributed by atoms with E-state index in [0.29, 0.717) is 11.6 Å². The monoisotopic (exact) mass is 410 g/mol. The molecule has 2 rings (SSSR count). The highest BCUT2D eigenvalue weighted by Crippen LogP contribution is 2.30. The highest BCUT2D eigenvalue weighted by Gasteiger charge is 2.23. The molecule has 0 aliphatic carbocycles. The highest BCUT2D eigenvalue weighted by atomic mass is 35.5. The van der Waals surface area contributed by atoms with Crippen LogP contribution in [0.2, 0.25) is 10.0 Å². The van der Waals surface area contributed by atoms with Crippen molar-refractivity contribution in [1.29, 1.82) is 0 Å². The number of rotatable bonds is 7. The number of anilines is 1. The van der Waals surface area contributed by atoms with Crippen LogP contribution in [0.3, 0.4) is 0 Å². The van der Waals surface area contributed by atoms with Crippen LogP contribution in [0, 0.1) is 0 Å². The molecule has 25 heavy (non-hydrogen) atoms. The molecule has 0 unspecified atom stereocenters. The Kier molecular flexibility index (Phi) is 7.33. The quantitative estimate of drug-likeness (QED) is 0.651. The summed E-state index contributed by atoms with van der Waals surface area (Å²) >= 11 is 11.9. The number of nitrogens with zero attached hydrogens (tertiary/aromatic N) is 1. The van der Waals surface area contributed by atoms with Crippen LogP contribution in [0.5, 0.6) is 0 Å². The molecule has 1 amide bonds. The predicted octanol–water partition coefficient (Wildman–Crippen LogP) is -0.209. The molecule has 1 aliphatic rings. The van der Waals surface area contributed by atoms with Crippen LogP contribution in [0.15, 0.2) is 18.2 Å². The molecule has 1 saturated heterocycles. The van der Waals surface area contributed by atoms with Crippen molar-refractivity contribution < 1.29 is 22.8 Å². The van der Waals surface area contributed by atoms with E-state index < -0.39 is 10.0 Å². The largest absolute Gasteiger partial charge is 0.370 e. The van der Waals surface area contributed by atoms with Gasteiger partial charge in [-0.2, -0.15) is 0 Å². The van der Waals surface area contributed by atoms with Gasteiger partial charge in [0, 0.05) is 5.02 Å². The van der Waals surface area contributed by atoms with Gasteiger partial charge in [0.2, 0.25) is 15.9 Å². The predicted molar refractivity (Wildman–Crippen MR) is 98.0 cm³/mol. The summed E-state index contributed by atoms with van der Waals surface area (Å²) in [4.78, 5) is 13.5. The van der Waals surface area contributed by atoms with Crippen molar-refractivity contribution in [1.82, 2.24) is 5.32 Å². The standard InChI is InChI=1S/C15H21Cl2N3O4S/c1-25(22,23)20(14-3-2-12(16)10-13(14)17)11-15(21)18-4-5-19-6-8-24-9-7-19/h2-3,10H,4-9,11H2,1H3,(H,18,21)/p+1. The van der Waals surface area contributed by atoms with Crippen LogP contribution in [-0.2, 0) is 19.6 Å². The Morgan fingerprint density at radius 3 is 2.60 bits per heavy atom. The van der Waals surface area contributed by atoms with Gasteiger partial charge in [0.25, 0.3) is 0 Å². The molecular weight excluding hydrogens is 389 g/mol. The van der Waals surface area contributed by atoms with Crippen molar-refractivity contribution in [3.8, 4) is 0 Å². The zero-order valence-electron chi connectivity index (χ0n) is 13.9. The minimum Gasteiger partial charge on any atom is -0.370 e. The molecule has 1 aromatic rings. The second kappa shape index (κ2) is 9.05. The van der Waals surface area contributed by atoms with Crippen molar-refractivity contribution in [2.24, 2.45) is 0 Å². The Hall–Kier alpha value is -1.06. The van der Waals surface area contributed by atoms with E-state index >= 15 is 0 Å². The third-order valence-electron chi connectivity index (χ3n) is 3.87. The number of ether oxygens (including phenoxy) is 1. The average Bonchev–Trinajstić information content (AvgIpc) is 2.53. The number of carbonyl (C=O) groups excluding carboxylic acids is 1. The molecule has 0 saturated carbocycles. The third kappa shape index (κ3) is 6.31. The maximum absolute atomic E-state index is 12.2. The fourth-order valence-corrected chi connectivity index (χ4v) is 3.97. The highest BCUT2D eigenvalue weighted by molar-refractivity contribution is 7.92. The molecule has 7 nitrogen and oxygen atoms in total. The number of hydrogen-bond donors (Lipinski definition) is 2. The maximum atomic E-state index is 12.2. The first-order valence-corrected chi connectivity index (χ1v) is 10.5. The van der Waals surface area contributed by atoms with Gasteiger partial charge in [-0.05, 0) is 18.2 Å². The van der Waals surface area contributed by atoms with Gasteiger partial charge in [-0.1, -0.05) is 23.2 Å². The summed E-state index contributed by atoms with van der Waals surface area (Å²) in [6.07, 6.45) is 1.03. The maximum Gasteiger partial charge on any atom is 0.240 e. The number of sulfonamides is 1. The summed E-state index contributed by atoms with van der Waals surface area (Å²) in [5.41, 5.74) is 0.225. The second-order valence-electron chi connectivity index (χ2n) is 5.83. The molecular formula is C15H22Cl2N3O4S+. The molecule has 0 bridgehead atoms. The van der Waals surface area contributed by atoms with Crippen LogP contribution >= 0.6 is 23.2 Å². The minimum atomic E-state index is -3.67. The average molecular weight is 411 g/mol. The van der Waals surface area contributed by atoms with E-state index in [1.54, 1.807) is 0 Å². The van der Waals surface area contributed by atoms with E-state index in [4.69, 9.17) is 27.9 Å². The molecule has 10 heteroatoms. The van der Waals surface area contributed by atoms with Crippen LogP contribution in [0.4, 0.5) is 5.69 Å². The van der Waals surface area contributed by atoms with Gasteiger partial charge in [0.15, 0.2) is 0 Å². The summed E-state index contributed by atoms with van der Waals surface area (Å²) in [5.74, 6) is -0.385. The van der Waals surface area contributed by atoms with Crippen LogP contribution in [0.25, 0.3) is 0 Å². The van der Waals surface area contributed by atoms with Gasteiger partial charge in [-0.3, -0.25) is 9.10 Å². The zero-order valence-corrected chi connectivity index (χ0v) is 16.3. The van der Waals surface area contributed by atoms with Crippen LogP contribution in [-0.4, -0.2) is 66.5 Å². The Bertz CT molecular complexity index is 709. The molecule has 0 aromatic heterocycles. The van der Waals surface area contributed by atoms with Crippen molar-refractivity contribution in [3.05, 3.63) is 28.2 Å². The summed E-state index contributed by atoms with van der Waals surface area (Å²) < 4.78 is 30.4. The van der Waals surface area contributed by atoms with Gasteiger partial charge in [-0.25, -0.2) is 8.42 Å². The lowest BCUT2D eigenvalue weighted by Gasteiger charge is -2.25. The fourth-order valence-electron chi connectivity index (χ4n) is 2.54. The minimum absolute atomic E-state index is 0.170. The summed E-state index contributed by atoms with van der Waals surface area (Å²) in [7, 11) is -3.67. The molecule has 1 aromatic carbocycles. The summed E-state index contributed by atoms with van der Waals surface area (Å²) in [5, 5.41) is 3.32. The van der Waals surface area contributed by atoms with Crippen LogP contribution in [0.1, 0.15) is 0 Å². The number of benzene rings is 1. The van der Waals surface area contributed by atoms with Gasteiger partial charge in [0.05, 0.1) is 43.3 Å². The fraction of sp³-hybridized carbons (Fsp3) is 0.533. The molecule has 0 spiro atoms. The van der Waals surface area contributed by atoms with E-state index in [1.807, 2.05) is 0 Å². The molecule has 140 valence electrons. The normalized spacial score (nSPS) is 15.8. The van der Waals surface area contributed by atoms with Gasteiger partial charge < -0.3 is 15.0 Å². The Morgan fingerprint density at radius 2 is 2.00 bits per heavy atom. The molecule has 2 N–H and O–H groups in total. The van der Waals surface area contributed by atoms with E-state index in [0.717, 1.165) is 43.4 Å². The molecule has 1 fully saturated rings. The van der Waals surface area contributed by atoms with Gasteiger partial charge in [-0.15, -0.1) is 0 Å². The van der Waals surface area contributed by atoms with Crippen molar-refractivity contribution in [2.45, 2.75) is 0 Å². The number of quaternary nitrogens is 1. The first kappa shape index (κ1) is 20.3. The lowest BCUT2D eigenvalue weighted by atomic mass is 10.3. The molecule has 0 radical (unpaired) electrons. The Morgan fingerprint density at radius 1 is 1.32 bits per heavy atom. The molecule has 1 aliphatic heterocycles. The Balaban J connectivity index is 1.96. The lowest BCUT2D eigenvalue weighted by Crippen LogP contribution is -3.14. The van der Waals surface area contributed by atoms with Crippen molar-refractivity contribution in [2.75, 3.05) is 56.5 Å². The second-order valence-corrected chi connectivity index (χ2v) is 8.58. The number of halogens is 2. The SMILES string of the molecule is CS(=O)(=O)N(CC(=O)NCC[NH+]1CCOCC1)c1ccc(Cl)cc1Cl. The molecule has 0 atom stereocenters. The topological polar surface area (TPSA) is 80.2 Å². The Labute approximate surface area is 157 Å². The number of amides is 1. The smallest absolute Gasteiger partial charge is 0.240 e. The number of hydrogen-bond acceptors (Lipinski definition) is 4. The van der Waals surface area contributed by atoms with Crippen molar-refractivity contribution in [3.63, 3.8) is 0 Å². The van der Waals surface area contributed by atoms with E-state index in [2.05, 4.69) is 5.32 Å².